The monoisotopic (exact) mass is 336 g/mol. The SMILES string of the molecule is CC(C)n1ncc2cc(C(=O)NC3CCOc4ccccc43)cnc21. The van der Waals surface area contributed by atoms with Crippen molar-refractivity contribution in [3.05, 3.63) is 53.9 Å². The van der Waals surface area contributed by atoms with Gasteiger partial charge in [0.15, 0.2) is 5.65 Å². The highest BCUT2D eigenvalue weighted by Gasteiger charge is 2.23. The second-order valence-electron chi connectivity index (χ2n) is 6.52. The van der Waals surface area contributed by atoms with Gasteiger partial charge in [0.05, 0.1) is 24.4 Å². The first-order chi connectivity index (χ1) is 12.1. The quantitative estimate of drug-likeness (QED) is 0.797. The lowest BCUT2D eigenvalue weighted by molar-refractivity contribution is 0.0924. The maximum Gasteiger partial charge on any atom is 0.253 e. The average Bonchev–Trinajstić information content (AvgIpc) is 3.05. The highest BCUT2D eigenvalue weighted by atomic mass is 16.5. The molecule has 0 spiro atoms. The van der Waals surface area contributed by atoms with Gasteiger partial charge >= 0.3 is 0 Å². The number of rotatable bonds is 3. The summed E-state index contributed by atoms with van der Waals surface area (Å²) in [7, 11) is 0. The Morgan fingerprint density at radius 1 is 1.32 bits per heavy atom. The van der Waals surface area contributed by atoms with Crippen LogP contribution in [0.5, 0.6) is 5.75 Å². The van der Waals surface area contributed by atoms with Gasteiger partial charge in [-0.1, -0.05) is 18.2 Å². The van der Waals surface area contributed by atoms with Gasteiger partial charge in [-0.2, -0.15) is 5.10 Å². The van der Waals surface area contributed by atoms with Crippen LogP contribution in [0.15, 0.2) is 42.7 Å². The van der Waals surface area contributed by atoms with Crippen LogP contribution in [-0.4, -0.2) is 27.3 Å². The molecule has 1 aliphatic heterocycles. The average molecular weight is 336 g/mol. The summed E-state index contributed by atoms with van der Waals surface area (Å²) >= 11 is 0. The summed E-state index contributed by atoms with van der Waals surface area (Å²) in [5, 5.41) is 8.32. The number of hydrogen-bond acceptors (Lipinski definition) is 4. The molecule has 0 aliphatic carbocycles. The van der Waals surface area contributed by atoms with Gasteiger partial charge in [-0.15, -0.1) is 0 Å². The molecular formula is C19H20N4O2. The minimum Gasteiger partial charge on any atom is -0.493 e. The molecule has 25 heavy (non-hydrogen) atoms. The standard InChI is InChI=1S/C19H20N4O2/c1-12(2)23-18-13(11-21-23)9-14(10-20-18)19(24)22-16-7-8-25-17-6-4-3-5-15(16)17/h3-6,9-12,16H,7-8H2,1-2H3,(H,22,24). The Labute approximate surface area is 145 Å². The molecule has 6 nitrogen and oxygen atoms in total. The summed E-state index contributed by atoms with van der Waals surface area (Å²) in [6, 6.07) is 9.84. The Morgan fingerprint density at radius 2 is 2.16 bits per heavy atom. The molecule has 1 atom stereocenters. The zero-order valence-corrected chi connectivity index (χ0v) is 14.3. The van der Waals surface area contributed by atoms with E-state index in [0.717, 1.165) is 28.8 Å². The van der Waals surface area contributed by atoms with E-state index in [9.17, 15) is 4.79 Å². The van der Waals surface area contributed by atoms with Crippen molar-refractivity contribution < 1.29 is 9.53 Å². The summed E-state index contributed by atoms with van der Waals surface area (Å²) < 4.78 is 7.50. The number of ether oxygens (including phenoxy) is 1. The minimum atomic E-state index is -0.131. The molecule has 128 valence electrons. The topological polar surface area (TPSA) is 69.0 Å². The molecule has 1 aromatic carbocycles. The van der Waals surface area contributed by atoms with Crippen LogP contribution in [-0.2, 0) is 0 Å². The molecule has 6 heteroatoms. The number of nitrogens with one attached hydrogen (secondary N) is 1. The second kappa shape index (κ2) is 6.20. The van der Waals surface area contributed by atoms with Crippen molar-refractivity contribution in [2.45, 2.75) is 32.4 Å². The van der Waals surface area contributed by atoms with Crippen LogP contribution in [0.3, 0.4) is 0 Å². The van der Waals surface area contributed by atoms with Crippen LogP contribution < -0.4 is 10.1 Å². The highest BCUT2D eigenvalue weighted by Crippen LogP contribution is 2.31. The van der Waals surface area contributed by atoms with Crippen LogP contribution in [0.1, 0.15) is 48.3 Å². The molecule has 3 heterocycles. The third-order valence-electron chi connectivity index (χ3n) is 4.45. The Bertz CT molecular complexity index is 932. The van der Waals surface area contributed by atoms with E-state index in [-0.39, 0.29) is 18.0 Å². The lowest BCUT2D eigenvalue weighted by atomic mass is 10.0. The summed E-state index contributed by atoms with van der Waals surface area (Å²) in [4.78, 5) is 17.1. The van der Waals surface area contributed by atoms with E-state index in [4.69, 9.17) is 4.74 Å². The first kappa shape index (κ1) is 15.6. The number of carbonyl (C=O) groups excluding carboxylic acids is 1. The molecule has 0 fully saturated rings. The van der Waals surface area contributed by atoms with E-state index < -0.39 is 0 Å². The number of amides is 1. The molecule has 1 N–H and O–H groups in total. The molecule has 1 amide bonds. The Balaban J connectivity index is 1.59. The van der Waals surface area contributed by atoms with Crippen LogP contribution >= 0.6 is 0 Å². The predicted molar refractivity (Wildman–Crippen MR) is 94.7 cm³/mol. The van der Waals surface area contributed by atoms with E-state index in [1.807, 2.05) is 35.0 Å². The van der Waals surface area contributed by atoms with Crippen molar-refractivity contribution in [2.75, 3.05) is 6.61 Å². The normalized spacial score (nSPS) is 16.5. The van der Waals surface area contributed by atoms with Crippen LogP contribution in [0.25, 0.3) is 11.0 Å². The third kappa shape index (κ3) is 2.84. The molecule has 3 aromatic rings. The smallest absolute Gasteiger partial charge is 0.253 e. The number of carbonyl (C=O) groups is 1. The van der Waals surface area contributed by atoms with Gasteiger partial charge in [0.2, 0.25) is 0 Å². The fourth-order valence-corrected chi connectivity index (χ4v) is 3.18. The number of hydrogen-bond donors (Lipinski definition) is 1. The van der Waals surface area contributed by atoms with Crippen LogP contribution in [0.4, 0.5) is 0 Å². The maximum absolute atomic E-state index is 12.7. The molecule has 4 rings (SSSR count). The van der Waals surface area contributed by atoms with Gasteiger partial charge in [0.1, 0.15) is 5.75 Å². The molecule has 1 unspecified atom stereocenters. The predicted octanol–water partition coefficient (Wildman–Crippen LogP) is 3.27. The first-order valence-electron chi connectivity index (χ1n) is 8.49. The number of aromatic nitrogens is 3. The fourth-order valence-electron chi connectivity index (χ4n) is 3.18. The van der Waals surface area contributed by atoms with E-state index in [2.05, 4.69) is 29.2 Å². The first-order valence-corrected chi connectivity index (χ1v) is 8.49. The molecule has 2 aromatic heterocycles. The van der Waals surface area contributed by atoms with Crippen LogP contribution in [0, 0.1) is 0 Å². The number of fused-ring (bicyclic) bond motifs is 2. The summed E-state index contributed by atoms with van der Waals surface area (Å²) in [5.74, 6) is 0.708. The van der Waals surface area contributed by atoms with E-state index in [0.29, 0.717) is 12.2 Å². The van der Waals surface area contributed by atoms with Gasteiger partial charge in [-0.25, -0.2) is 9.67 Å². The molecule has 0 bridgehead atoms. The van der Waals surface area contributed by atoms with Gasteiger partial charge in [0.25, 0.3) is 5.91 Å². The van der Waals surface area contributed by atoms with Gasteiger partial charge in [0, 0.05) is 29.6 Å². The highest BCUT2D eigenvalue weighted by molar-refractivity contribution is 5.97. The summed E-state index contributed by atoms with van der Waals surface area (Å²) in [6.07, 6.45) is 4.12. The number of para-hydroxylation sites is 1. The number of benzene rings is 1. The number of nitrogens with zero attached hydrogens (tertiary/aromatic N) is 3. The zero-order valence-electron chi connectivity index (χ0n) is 14.3. The van der Waals surface area contributed by atoms with Crippen molar-refractivity contribution in [3.8, 4) is 5.75 Å². The lowest BCUT2D eigenvalue weighted by Gasteiger charge is -2.26. The molecular weight excluding hydrogens is 316 g/mol. The van der Waals surface area contributed by atoms with E-state index >= 15 is 0 Å². The van der Waals surface area contributed by atoms with E-state index in [1.165, 1.54) is 0 Å². The summed E-state index contributed by atoms with van der Waals surface area (Å²) in [6.45, 7) is 4.70. The second-order valence-corrected chi connectivity index (χ2v) is 6.52. The van der Waals surface area contributed by atoms with Crippen LogP contribution in [0.2, 0.25) is 0 Å². The number of pyridine rings is 1. The Hall–Kier alpha value is -2.89. The Kier molecular flexibility index (Phi) is 3.87. The molecule has 0 saturated carbocycles. The Morgan fingerprint density at radius 3 is 3.00 bits per heavy atom. The lowest BCUT2D eigenvalue weighted by Crippen LogP contribution is -2.32. The zero-order chi connectivity index (χ0) is 17.4. The maximum atomic E-state index is 12.7. The van der Waals surface area contributed by atoms with Crippen molar-refractivity contribution in [3.63, 3.8) is 0 Å². The molecule has 1 aliphatic rings. The molecule has 0 radical (unpaired) electrons. The fraction of sp³-hybridized carbons (Fsp3) is 0.316. The van der Waals surface area contributed by atoms with Gasteiger partial charge in [-0.3, -0.25) is 4.79 Å². The minimum absolute atomic E-state index is 0.0495. The van der Waals surface area contributed by atoms with Crippen molar-refractivity contribution >= 4 is 16.9 Å². The van der Waals surface area contributed by atoms with Gasteiger partial charge < -0.3 is 10.1 Å². The van der Waals surface area contributed by atoms with E-state index in [1.54, 1.807) is 12.4 Å². The van der Waals surface area contributed by atoms with Gasteiger partial charge in [-0.05, 0) is 26.0 Å². The third-order valence-corrected chi connectivity index (χ3v) is 4.45. The molecule has 0 saturated heterocycles. The van der Waals surface area contributed by atoms with Crippen molar-refractivity contribution in [1.82, 2.24) is 20.1 Å². The van der Waals surface area contributed by atoms with Crippen molar-refractivity contribution in [2.24, 2.45) is 0 Å². The van der Waals surface area contributed by atoms with Crippen molar-refractivity contribution in [1.29, 1.82) is 0 Å². The largest absolute Gasteiger partial charge is 0.493 e. The summed E-state index contributed by atoms with van der Waals surface area (Å²) in [5.41, 5.74) is 2.35.